The molecule has 0 saturated heterocycles. The Bertz CT molecular complexity index is 1190. The van der Waals surface area contributed by atoms with Crippen molar-refractivity contribution in [2.45, 2.75) is 77.3 Å². The lowest BCUT2D eigenvalue weighted by Gasteiger charge is -2.25. The Balaban J connectivity index is 1.96. The zero-order chi connectivity index (χ0) is 27.3. The molecule has 0 saturated carbocycles. The van der Waals surface area contributed by atoms with Crippen molar-refractivity contribution in [1.29, 1.82) is 0 Å². The number of hydrogen-bond acceptors (Lipinski definition) is 8. The van der Waals surface area contributed by atoms with Gasteiger partial charge in [-0.25, -0.2) is 13.4 Å². The SMILES string of the molecule is Cc1nc(NC(=O)CCCN[C@@H](CC(C)C)C(=O)OC(C)(C)C)sc1-c1ccc(Cl)c(S(C)(=O)=O)c1. The van der Waals surface area contributed by atoms with Gasteiger partial charge in [-0.05, 0) is 70.7 Å². The predicted octanol–water partition coefficient (Wildman–Crippen LogP) is 5.24. The maximum absolute atomic E-state index is 12.5. The van der Waals surface area contributed by atoms with Crippen molar-refractivity contribution in [3.8, 4) is 10.4 Å². The molecule has 0 fully saturated rings. The summed E-state index contributed by atoms with van der Waals surface area (Å²) in [7, 11) is -3.48. The van der Waals surface area contributed by atoms with Gasteiger partial charge in [-0.3, -0.25) is 9.59 Å². The molecule has 36 heavy (non-hydrogen) atoms. The van der Waals surface area contributed by atoms with E-state index in [2.05, 4.69) is 15.6 Å². The van der Waals surface area contributed by atoms with Gasteiger partial charge in [0.1, 0.15) is 11.6 Å². The number of halogens is 1. The lowest BCUT2D eigenvalue weighted by Crippen LogP contribution is -2.42. The summed E-state index contributed by atoms with van der Waals surface area (Å²) in [6.07, 6.45) is 2.54. The molecule has 200 valence electrons. The standard InChI is InChI=1S/C25H36ClN3O5S2/c1-15(2)13-19(23(31)34-25(4,5)6)27-12-8-9-21(30)29-24-28-16(3)22(35-24)17-10-11-18(26)20(14-17)36(7,32)33/h10-11,14-15,19,27H,8-9,12-13H2,1-7H3,(H,28,29,30)/t19-/m0/s1. The van der Waals surface area contributed by atoms with Gasteiger partial charge in [-0.1, -0.05) is 42.9 Å². The summed E-state index contributed by atoms with van der Waals surface area (Å²) >= 11 is 7.32. The minimum atomic E-state index is -3.48. The molecule has 0 aliphatic heterocycles. The number of nitrogens with zero attached hydrogens (tertiary/aromatic N) is 1. The van der Waals surface area contributed by atoms with Crippen molar-refractivity contribution in [3.63, 3.8) is 0 Å². The molecule has 0 spiro atoms. The first-order valence-corrected chi connectivity index (χ1v) is 14.9. The number of benzene rings is 1. The first kappa shape index (κ1) is 30.2. The molecule has 0 aliphatic carbocycles. The average molecular weight is 558 g/mol. The van der Waals surface area contributed by atoms with Crippen LogP contribution in [-0.4, -0.2) is 49.7 Å². The smallest absolute Gasteiger partial charge is 0.323 e. The quantitative estimate of drug-likeness (QED) is 0.287. The Morgan fingerprint density at radius 2 is 1.89 bits per heavy atom. The molecular formula is C25H36ClN3O5S2. The van der Waals surface area contributed by atoms with Crippen molar-refractivity contribution in [3.05, 3.63) is 28.9 Å². The molecule has 11 heteroatoms. The number of sulfone groups is 1. The molecule has 1 heterocycles. The Kier molecular flexibility index (Phi) is 10.5. The highest BCUT2D eigenvalue weighted by Crippen LogP contribution is 2.35. The maximum Gasteiger partial charge on any atom is 0.323 e. The summed E-state index contributed by atoms with van der Waals surface area (Å²) < 4.78 is 29.5. The van der Waals surface area contributed by atoms with Gasteiger partial charge in [0.15, 0.2) is 15.0 Å². The number of amides is 1. The van der Waals surface area contributed by atoms with Gasteiger partial charge in [0.25, 0.3) is 0 Å². The molecule has 1 atom stereocenters. The van der Waals surface area contributed by atoms with Crippen LogP contribution in [0.5, 0.6) is 0 Å². The van der Waals surface area contributed by atoms with Crippen molar-refractivity contribution >= 4 is 49.8 Å². The van der Waals surface area contributed by atoms with E-state index in [1.807, 2.05) is 34.6 Å². The van der Waals surface area contributed by atoms with E-state index in [4.69, 9.17) is 16.3 Å². The van der Waals surface area contributed by atoms with Crippen LogP contribution in [0.25, 0.3) is 10.4 Å². The van der Waals surface area contributed by atoms with Crippen LogP contribution in [0.2, 0.25) is 5.02 Å². The van der Waals surface area contributed by atoms with E-state index in [0.717, 1.165) is 11.1 Å². The fourth-order valence-electron chi connectivity index (χ4n) is 3.46. The maximum atomic E-state index is 12.5. The van der Waals surface area contributed by atoms with Crippen LogP contribution in [0.1, 0.15) is 59.6 Å². The summed E-state index contributed by atoms with van der Waals surface area (Å²) in [6.45, 7) is 11.9. The summed E-state index contributed by atoms with van der Waals surface area (Å²) in [5.74, 6) is -0.162. The molecule has 8 nitrogen and oxygen atoms in total. The second-order valence-electron chi connectivity index (χ2n) is 10.2. The Hall–Kier alpha value is -2.01. The van der Waals surface area contributed by atoms with Crippen molar-refractivity contribution in [2.24, 2.45) is 5.92 Å². The average Bonchev–Trinajstić information content (AvgIpc) is 3.08. The number of rotatable bonds is 11. The molecule has 2 N–H and O–H groups in total. The van der Waals surface area contributed by atoms with Crippen LogP contribution in [0, 0.1) is 12.8 Å². The van der Waals surface area contributed by atoms with Gasteiger partial charge in [0, 0.05) is 12.7 Å². The van der Waals surface area contributed by atoms with E-state index in [1.165, 1.54) is 17.4 Å². The van der Waals surface area contributed by atoms with E-state index < -0.39 is 21.5 Å². The molecule has 0 aliphatic rings. The molecule has 0 bridgehead atoms. The second kappa shape index (κ2) is 12.5. The number of anilines is 1. The van der Waals surface area contributed by atoms with Crippen LogP contribution >= 0.6 is 22.9 Å². The van der Waals surface area contributed by atoms with Gasteiger partial charge in [0.05, 0.1) is 20.5 Å². The Morgan fingerprint density at radius 1 is 1.22 bits per heavy atom. The number of thiazole rings is 1. The third kappa shape index (κ3) is 9.46. The summed E-state index contributed by atoms with van der Waals surface area (Å²) in [5.41, 5.74) is 0.780. The minimum absolute atomic E-state index is 0.0507. The van der Waals surface area contributed by atoms with Crippen molar-refractivity contribution in [1.82, 2.24) is 10.3 Å². The van der Waals surface area contributed by atoms with Gasteiger partial charge in [-0.2, -0.15) is 0 Å². The summed E-state index contributed by atoms with van der Waals surface area (Å²) in [5, 5.41) is 6.62. The highest BCUT2D eigenvalue weighted by atomic mass is 35.5. The van der Waals surface area contributed by atoms with E-state index in [9.17, 15) is 18.0 Å². The molecule has 1 amide bonds. The van der Waals surface area contributed by atoms with Crippen LogP contribution in [0.4, 0.5) is 5.13 Å². The van der Waals surface area contributed by atoms with Gasteiger partial charge >= 0.3 is 5.97 Å². The number of hydrogen-bond donors (Lipinski definition) is 2. The molecule has 2 aromatic rings. The number of nitrogens with one attached hydrogen (secondary N) is 2. The summed E-state index contributed by atoms with van der Waals surface area (Å²) in [4.78, 5) is 30.2. The van der Waals surface area contributed by atoms with E-state index in [1.54, 1.807) is 19.1 Å². The molecule has 0 radical (unpaired) electrons. The van der Waals surface area contributed by atoms with E-state index in [0.29, 0.717) is 41.7 Å². The molecular weight excluding hydrogens is 522 g/mol. The largest absolute Gasteiger partial charge is 0.459 e. The zero-order valence-electron chi connectivity index (χ0n) is 21.9. The first-order chi connectivity index (χ1) is 16.6. The third-order valence-electron chi connectivity index (χ3n) is 5.01. The van der Waals surface area contributed by atoms with Crippen molar-refractivity contribution in [2.75, 3.05) is 18.1 Å². The monoisotopic (exact) mass is 557 g/mol. The lowest BCUT2D eigenvalue weighted by atomic mass is 10.0. The third-order valence-corrected chi connectivity index (χ3v) is 7.71. The second-order valence-corrected chi connectivity index (χ2v) is 13.6. The molecule has 1 aromatic heterocycles. The Labute approximate surface area is 223 Å². The predicted molar refractivity (Wildman–Crippen MR) is 145 cm³/mol. The van der Waals surface area contributed by atoms with Crippen molar-refractivity contribution < 1.29 is 22.7 Å². The van der Waals surface area contributed by atoms with Gasteiger partial charge in [-0.15, -0.1) is 0 Å². The molecule has 0 unspecified atom stereocenters. The number of carbonyl (C=O) groups is 2. The zero-order valence-corrected chi connectivity index (χ0v) is 24.3. The Morgan fingerprint density at radius 3 is 2.47 bits per heavy atom. The number of carbonyl (C=O) groups excluding carboxylic acids is 2. The normalized spacial score (nSPS) is 13.0. The van der Waals surface area contributed by atoms with E-state index in [-0.39, 0.29) is 28.2 Å². The number of aryl methyl sites for hydroxylation is 1. The number of ether oxygens (including phenoxy) is 1. The van der Waals surface area contributed by atoms with Crippen LogP contribution in [0.15, 0.2) is 23.1 Å². The van der Waals surface area contributed by atoms with E-state index >= 15 is 0 Å². The minimum Gasteiger partial charge on any atom is -0.459 e. The number of aromatic nitrogens is 1. The molecule has 1 aromatic carbocycles. The fraction of sp³-hybridized carbons (Fsp3) is 0.560. The molecule has 2 rings (SSSR count). The van der Waals surface area contributed by atoms with Crippen LogP contribution < -0.4 is 10.6 Å². The summed E-state index contributed by atoms with van der Waals surface area (Å²) in [6, 6.07) is 4.37. The highest BCUT2D eigenvalue weighted by Gasteiger charge is 2.25. The fourth-order valence-corrected chi connectivity index (χ4v) is 5.74. The topological polar surface area (TPSA) is 114 Å². The van der Waals surface area contributed by atoms with Gasteiger partial charge < -0.3 is 15.4 Å². The van der Waals surface area contributed by atoms with Crippen LogP contribution in [0.3, 0.4) is 0 Å². The first-order valence-electron chi connectivity index (χ1n) is 11.8. The number of esters is 1. The highest BCUT2D eigenvalue weighted by molar-refractivity contribution is 7.90. The van der Waals surface area contributed by atoms with Crippen LogP contribution in [-0.2, 0) is 24.2 Å². The lowest BCUT2D eigenvalue weighted by molar-refractivity contribution is -0.158. The van der Waals surface area contributed by atoms with Gasteiger partial charge in [0.2, 0.25) is 5.91 Å².